The van der Waals surface area contributed by atoms with E-state index in [1.165, 1.54) is 12.8 Å². The van der Waals surface area contributed by atoms with Crippen molar-refractivity contribution in [2.75, 3.05) is 17.7 Å². The molecule has 1 saturated carbocycles. The molecule has 2 aliphatic carbocycles. The van der Waals surface area contributed by atoms with Gasteiger partial charge in [0.05, 0.1) is 25.1 Å². The number of nitrogens with zero attached hydrogens (tertiary/aromatic N) is 4. The molecular weight excluding hydrogens is 304 g/mol. The Bertz CT molecular complexity index is 764. The molecule has 0 aromatic carbocycles. The maximum atomic E-state index is 5.91. The molecule has 0 saturated heterocycles. The van der Waals surface area contributed by atoms with Crippen LogP contribution in [0.25, 0.3) is 11.2 Å². The van der Waals surface area contributed by atoms with Gasteiger partial charge in [0.15, 0.2) is 17.0 Å². The highest BCUT2D eigenvalue weighted by molar-refractivity contribution is 5.84. The number of rotatable bonds is 6. The predicted octanol–water partition coefficient (Wildman–Crippen LogP) is 2.53. The van der Waals surface area contributed by atoms with Gasteiger partial charge >= 0.3 is 0 Å². The van der Waals surface area contributed by atoms with Crippen LogP contribution in [0.5, 0.6) is 0 Å². The van der Waals surface area contributed by atoms with E-state index in [1.807, 2.05) is 6.33 Å². The highest BCUT2D eigenvalue weighted by Crippen LogP contribution is 2.33. The summed E-state index contributed by atoms with van der Waals surface area (Å²) in [5.41, 5.74) is 7.51. The Labute approximate surface area is 141 Å². The Hall–Kier alpha value is -2.15. The van der Waals surface area contributed by atoms with Gasteiger partial charge in [0.2, 0.25) is 5.95 Å². The summed E-state index contributed by atoms with van der Waals surface area (Å²) in [4.78, 5) is 13.3. The average Bonchev–Trinajstić information content (AvgIpc) is 3.07. The molecule has 7 nitrogen and oxygen atoms in total. The van der Waals surface area contributed by atoms with Gasteiger partial charge in [-0.1, -0.05) is 12.2 Å². The van der Waals surface area contributed by atoms with Crippen LogP contribution in [0.4, 0.5) is 11.8 Å². The molecule has 7 heteroatoms. The van der Waals surface area contributed by atoms with E-state index in [-0.39, 0.29) is 18.1 Å². The fourth-order valence-electron chi connectivity index (χ4n) is 3.10. The molecular formula is C17H24N6O. The fourth-order valence-corrected chi connectivity index (χ4v) is 3.10. The maximum Gasteiger partial charge on any atom is 0.224 e. The topological polar surface area (TPSA) is 90.9 Å². The van der Waals surface area contributed by atoms with Crippen molar-refractivity contribution in [2.45, 2.75) is 51.3 Å². The maximum absolute atomic E-state index is 5.91. The molecule has 1 unspecified atom stereocenters. The first-order valence-electron chi connectivity index (χ1n) is 8.66. The van der Waals surface area contributed by atoms with Crippen molar-refractivity contribution in [3.05, 3.63) is 18.5 Å². The van der Waals surface area contributed by atoms with E-state index in [0.29, 0.717) is 12.0 Å². The lowest BCUT2D eigenvalue weighted by Crippen LogP contribution is -2.13. The van der Waals surface area contributed by atoms with E-state index in [4.69, 9.17) is 10.5 Å². The van der Waals surface area contributed by atoms with Crippen LogP contribution in [0.3, 0.4) is 0 Å². The van der Waals surface area contributed by atoms with Gasteiger partial charge in [-0.3, -0.25) is 0 Å². The Morgan fingerprint density at radius 3 is 2.92 bits per heavy atom. The van der Waals surface area contributed by atoms with E-state index < -0.39 is 0 Å². The summed E-state index contributed by atoms with van der Waals surface area (Å²) in [5, 5.41) is 3.40. The van der Waals surface area contributed by atoms with Crippen LogP contribution in [-0.2, 0) is 4.74 Å². The number of ether oxygens (including phenoxy) is 1. The molecule has 0 bridgehead atoms. The molecule has 24 heavy (non-hydrogen) atoms. The number of nitrogen functional groups attached to an aromatic ring is 1. The highest BCUT2D eigenvalue weighted by atomic mass is 16.5. The normalized spacial score (nSPS) is 23.5. The van der Waals surface area contributed by atoms with Gasteiger partial charge in [-0.15, -0.1) is 0 Å². The Morgan fingerprint density at radius 2 is 2.17 bits per heavy atom. The first kappa shape index (κ1) is 15.4. The van der Waals surface area contributed by atoms with Crippen molar-refractivity contribution < 1.29 is 4.74 Å². The zero-order chi connectivity index (χ0) is 16.7. The van der Waals surface area contributed by atoms with E-state index in [9.17, 15) is 0 Å². The standard InChI is InChI=1S/C17H24N6O/c1-10(2)24-8-11-3-6-13(7-11)23-9-19-14-15(20-12-4-5-12)21-17(18)22-16(14)23/h3,6,9-13H,4-5,7-8H2,1-2H3,(H3,18,20,21,22)/t11-,13?/m1/s1. The molecule has 2 aliphatic rings. The van der Waals surface area contributed by atoms with Crippen molar-refractivity contribution in [3.63, 3.8) is 0 Å². The minimum absolute atomic E-state index is 0.235. The summed E-state index contributed by atoms with van der Waals surface area (Å²) in [7, 11) is 0. The Morgan fingerprint density at radius 1 is 1.33 bits per heavy atom. The molecule has 1 fully saturated rings. The first-order chi connectivity index (χ1) is 11.6. The number of imidazole rings is 1. The number of hydrogen-bond donors (Lipinski definition) is 2. The fraction of sp³-hybridized carbons (Fsp3) is 0.588. The van der Waals surface area contributed by atoms with Crippen molar-refractivity contribution in [2.24, 2.45) is 5.92 Å². The van der Waals surface area contributed by atoms with E-state index in [2.05, 4.69) is 50.8 Å². The minimum Gasteiger partial charge on any atom is -0.378 e. The first-order valence-corrected chi connectivity index (χ1v) is 8.66. The van der Waals surface area contributed by atoms with Gasteiger partial charge in [-0.05, 0) is 33.1 Å². The third-order valence-electron chi connectivity index (χ3n) is 4.51. The molecule has 0 spiro atoms. The molecule has 2 heterocycles. The number of allylic oxidation sites excluding steroid dienone is 1. The second kappa shape index (κ2) is 6.05. The van der Waals surface area contributed by atoms with Crippen molar-refractivity contribution in [1.29, 1.82) is 0 Å². The summed E-state index contributed by atoms with van der Waals surface area (Å²) < 4.78 is 7.83. The highest BCUT2D eigenvalue weighted by Gasteiger charge is 2.26. The molecule has 2 aromatic heterocycles. The molecule has 2 aromatic rings. The minimum atomic E-state index is 0.235. The number of hydrogen-bond acceptors (Lipinski definition) is 6. The Kier molecular flexibility index (Phi) is 3.88. The van der Waals surface area contributed by atoms with Crippen LogP contribution in [0.15, 0.2) is 18.5 Å². The zero-order valence-corrected chi connectivity index (χ0v) is 14.1. The van der Waals surface area contributed by atoms with E-state index >= 15 is 0 Å². The average molecular weight is 328 g/mol. The van der Waals surface area contributed by atoms with Gasteiger partial charge in [-0.2, -0.15) is 9.97 Å². The summed E-state index contributed by atoms with van der Waals surface area (Å²) in [5.74, 6) is 1.47. The zero-order valence-electron chi connectivity index (χ0n) is 14.1. The van der Waals surface area contributed by atoms with Gasteiger partial charge in [0, 0.05) is 12.0 Å². The second-order valence-electron chi connectivity index (χ2n) is 7.00. The quantitative estimate of drug-likeness (QED) is 0.792. The van der Waals surface area contributed by atoms with Crippen molar-refractivity contribution in [3.8, 4) is 0 Å². The van der Waals surface area contributed by atoms with E-state index in [0.717, 1.165) is 30.0 Å². The van der Waals surface area contributed by atoms with Gasteiger partial charge in [0.25, 0.3) is 0 Å². The summed E-state index contributed by atoms with van der Waals surface area (Å²) in [6, 6.07) is 0.732. The lowest BCUT2D eigenvalue weighted by atomic mass is 10.1. The van der Waals surface area contributed by atoms with Gasteiger partial charge in [-0.25, -0.2) is 4.98 Å². The summed E-state index contributed by atoms with van der Waals surface area (Å²) >= 11 is 0. The Balaban J connectivity index is 1.57. The molecule has 0 radical (unpaired) electrons. The second-order valence-corrected chi connectivity index (χ2v) is 7.00. The summed E-state index contributed by atoms with van der Waals surface area (Å²) in [6.45, 7) is 4.88. The predicted molar refractivity (Wildman–Crippen MR) is 93.8 cm³/mol. The third kappa shape index (κ3) is 3.08. The van der Waals surface area contributed by atoms with Crippen LogP contribution in [0, 0.1) is 5.92 Å². The number of anilines is 2. The molecule has 128 valence electrons. The largest absolute Gasteiger partial charge is 0.378 e. The molecule has 3 N–H and O–H groups in total. The van der Waals surface area contributed by atoms with Crippen LogP contribution in [0.2, 0.25) is 0 Å². The van der Waals surface area contributed by atoms with E-state index in [1.54, 1.807) is 0 Å². The monoisotopic (exact) mass is 328 g/mol. The molecule has 0 amide bonds. The molecule has 0 aliphatic heterocycles. The molecule has 2 atom stereocenters. The van der Waals surface area contributed by atoms with Crippen molar-refractivity contribution >= 4 is 22.9 Å². The SMILES string of the molecule is CC(C)OC[C@@H]1C=CC(n2cnc3c(NC4CC4)nc(N)nc32)C1. The molecule has 4 rings (SSSR count). The third-order valence-corrected chi connectivity index (χ3v) is 4.51. The van der Waals surface area contributed by atoms with Crippen LogP contribution in [0.1, 0.15) is 39.2 Å². The number of nitrogens with two attached hydrogens (primary N) is 1. The number of fused-ring (bicyclic) bond motifs is 1. The summed E-state index contributed by atoms with van der Waals surface area (Å²) in [6.07, 6.45) is 9.89. The van der Waals surface area contributed by atoms with Crippen LogP contribution in [-0.4, -0.2) is 38.3 Å². The van der Waals surface area contributed by atoms with Crippen molar-refractivity contribution in [1.82, 2.24) is 19.5 Å². The van der Waals surface area contributed by atoms with Crippen LogP contribution < -0.4 is 11.1 Å². The van der Waals surface area contributed by atoms with Crippen LogP contribution >= 0.6 is 0 Å². The van der Waals surface area contributed by atoms with Gasteiger partial charge < -0.3 is 20.4 Å². The number of aromatic nitrogens is 4. The number of nitrogens with one attached hydrogen (secondary N) is 1. The lowest BCUT2D eigenvalue weighted by Gasteiger charge is -2.15. The lowest BCUT2D eigenvalue weighted by molar-refractivity contribution is 0.0598. The smallest absolute Gasteiger partial charge is 0.224 e. The van der Waals surface area contributed by atoms with Gasteiger partial charge in [0.1, 0.15) is 0 Å².